The molecule has 1 aliphatic heterocycles. The van der Waals surface area contributed by atoms with E-state index < -0.39 is 10.0 Å². The summed E-state index contributed by atoms with van der Waals surface area (Å²) in [6.45, 7) is 6.33. The van der Waals surface area contributed by atoms with Crippen molar-refractivity contribution in [1.29, 1.82) is 0 Å². The highest BCUT2D eigenvalue weighted by Gasteiger charge is 2.20. The number of hydrogen-bond donors (Lipinski definition) is 1. The van der Waals surface area contributed by atoms with Crippen LogP contribution in [0.15, 0.2) is 65.6 Å². The topological polar surface area (TPSA) is 58.6 Å². The summed E-state index contributed by atoms with van der Waals surface area (Å²) in [6.07, 6.45) is 2.51. The minimum Gasteiger partial charge on any atom is -0.497 e. The highest BCUT2D eigenvalue weighted by molar-refractivity contribution is 7.89. The van der Waals surface area contributed by atoms with Crippen LogP contribution in [0, 0.1) is 5.92 Å². The zero-order chi connectivity index (χ0) is 22.0. The molecule has 0 radical (unpaired) electrons. The largest absolute Gasteiger partial charge is 0.497 e. The van der Waals surface area contributed by atoms with Gasteiger partial charge in [-0.1, -0.05) is 31.2 Å². The van der Waals surface area contributed by atoms with Crippen molar-refractivity contribution in [2.75, 3.05) is 25.1 Å². The Morgan fingerprint density at radius 1 is 1.03 bits per heavy atom. The quantitative estimate of drug-likeness (QED) is 0.580. The summed E-state index contributed by atoms with van der Waals surface area (Å²) < 4.78 is 34.0. The van der Waals surface area contributed by atoms with Gasteiger partial charge in [0.1, 0.15) is 5.75 Å². The van der Waals surface area contributed by atoms with Gasteiger partial charge in [-0.15, -0.1) is 0 Å². The van der Waals surface area contributed by atoms with Gasteiger partial charge < -0.3 is 9.64 Å². The number of methoxy groups -OCH3 is 1. The van der Waals surface area contributed by atoms with E-state index in [4.69, 9.17) is 4.74 Å². The van der Waals surface area contributed by atoms with Crippen molar-refractivity contribution in [3.8, 4) is 5.75 Å². The molecule has 1 heterocycles. The van der Waals surface area contributed by atoms with Gasteiger partial charge in [-0.2, -0.15) is 0 Å². The van der Waals surface area contributed by atoms with Gasteiger partial charge in [-0.25, -0.2) is 13.1 Å². The SMILES string of the molecule is COc1ccc2cc(S(=O)(=O)N[C@@H](C)c3ccc(N4CCC[C@@H](C)C4)cc3)ccc2c1. The first-order valence-electron chi connectivity index (χ1n) is 10.8. The van der Waals surface area contributed by atoms with Gasteiger partial charge in [0.05, 0.1) is 12.0 Å². The van der Waals surface area contributed by atoms with E-state index >= 15 is 0 Å². The lowest BCUT2D eigenvalue weighted by Gasteiger charge is -2.33. The second kappa shape index (κ2) is 8.89. The molecule has 1 N–H and O–H groups in total. The van der Waals surface area contributed by atoms with Crippen LogP contribution in [0.1, 0.15) is 38.3 Å². The Balaban J connectivity index is 1.49. The first-order chi connectivity index (χ1) is 14.9. The summed E-state index contributed by atoms with van der Waals surface area (Å²) in [4.78, 5) is 2.67. The molecule has 1 saturated heterocycles. The number of anilines is 1. The molecule has 31 heavy (non-hydrogen) atoms. The molecule has 0 spiro atoms. The number of piperidine rings is 1. The Kier molecular flexibility index (Phi) is 6.21. The van der Waals surface area contributed by atoms with Crippen LogP contribution >= 0.6 is 0 Å². The van der Waals surface area contributed by atoms with Gasteiger partial charge in [0.2, 0.25) is 10.0 Å². The van der Waals surface area contributed by atoms with Crippen molar-refractivity contribution < 1.29 is 13.2 Å². The molecule has 0 unspecified atom stereocenters. The molecule has 164 valence electrons. The summed E-state index contributed by atoms with van der Waals surface area (Å²) >= 11 is 0. The van der Waals surface area contributed by atoms with Crippen molar-refractivity contribution in [2.24, 2.45) is 5.92 Å². The van der Waals surface area contributed by atoms with Crippen LogP contribution in [-0.4, -0.2) is 28.6 Å². The highest BCUT2D eigenvalue weighted by Crippen LogP contribution is 2.27. The van der Waals surface area contributed by atoms with E-state index in [-0.39, 0.29) is 10.9 Å². The van der Waals surface area contributed by atoms with Crippen LogP contribution in [0.2, 0.25) is 0 Å². The van der Waals surface area contributed by atoms with Crippen molar-refractivity contribution in [1.82, 2.24) is 4.72 Å². The molecule has 0 amide bonds. The van der Waals surface area contributed by atoms with Crippen LogP contribution in [0.5, 0.6) is 5.75 Å². The monoisotopic (exact) mass is 438 g/mol. The lowest BCUT2D eigenvalue weighted by Crippen LogP contribution is -2.34. The molecular formula is C25H30N2O3S. The second-order valence-corrected chi connectivity index (χ2v) is 10.2. The third-order valence-corrected chi connectivity index (χ3v) is 7.61. The maximum Gasteiger partial charge on any atom is 0.241 e. The van der Waals surface area contributed by atoms with E-state index in [1.54, 1.807) is 19.2 Å². The second-order valence-electron chi connectivity index (χ2n) is 8.50. The van der Waals surface area contributed by atoms with E-state index in [1.807, 2.05) is 43.3 Å². The molecule has 3 aromatic carbocycles. The number of sulfonamides is 1. The molecule has 0 aromatic heterocycles. The van der Waals surface area contributed by atoms with Crippen LogP contribution < -0.4 is 14.4 Å². The van der Waals surface area contributed by atoms with E-state index in [0.29, 0.717) is 5.92 Å². The third kappa shape index (κ3) is 4.86. The number of ether oxygens (including phenoxy) is 1. The maximum atomic E-state index is 13.0. The summed E-state index contributed by atoms with van der Waals surface area (Å²) in [7, 11) is -2.03. The smallest absolute Gasteiger partial charge is 0.241 e. The first-order valence-corrected chi connectivity index (χ1v) is 12.3. The summed E-state index contributed by atoms with van der Waals surface area (Å²) in [6, 6.07) is 18.7. The van der Waals surface area contributed by atoms with E-state index in [2.05, 4.69) is 28.7 Å². The molecule has 6 heteroatoms. The molecule has 1 fully saturated rings. The zero-order valence-corrected chi connectivity index (χ0v) is 19.2. The molecule has 4 rings (SSSR count). The molecule has 3 aromatic rings. The maximum absolute atomic E-state index is 13.0. The first kappa shape index (κ1) is 21.7. The molecule has 5 nitrogen and oxygen atoms in total. The fraction of sp³-hybridized carbons (Fsp3) is 0.360. The van der Waals surface area contributed by atoms with Gasteiger partial charge in [-0.3, -0.25) is 0 Å². The van der Waals surface area contributed by atoms with Gasteiger partial charge in [0.15, 0.2) is 0 Å². The number of nitrogens with one attached hydrogen (secondary N) is 1. The Morgan fingerprint density at radius 2 is 1.74 bits per heavy atom. The Bertz CT molecular complexity index is 1160. The lowest BCUT2D eigenvalue weighted by atomic mass is 9.99. The van der Waals surface area contributed by atoms with Crippen molar-refractivity contribution >= 4 is 26.5 Å². The predicted octanol–water partition coefficient (Wildman–Crippen LogP) is 5.12. The van der Waals surface area contributed by atoms with Crippen molar-refractivity contribution in [2.45, 2.75) is 37.6 Å². The molecular weight excluding hydrogens is 408 g/mol. The van der Waals surface area contributed by atoms with Gasteiger partial charge in [0.25, 0.3) is 0 Å². The number of fused-ring (bicyclic) bond motifs is 1. The summed E-state index contributed by atoms with van der Waals surface area (Å²) in [5.41, 5.74) is 2.15. The van der Waals surface area contributed by atoms with Crippen LogP contribution in [0.3, 0.4) is 0 Å². The Hall–Kier alpha value is -2.57. The molecule has 1 aliphatic rings. The van der Waals surface area contributed by atoms with Crippen molar-refractivity contribution in [3.63, 3.8) is 0 Å². The number of hydrogen-bond acceptors (Lipinski definition) is 4. The Labute approximate surface area is 185 Å². The minimum atomic E-state index is -3.64. The average Bonchev–Trinajstić information content (AvgIpc) is 2.78. The van der Waals surface area contributed by atoms with Gasteiger partial charge in [0, 0.05) is 24.8 Å². The molecule has 2 atom stereocenters. The normalized spacial score (nSPS) is 18.2. The van der Waals surface area contributed by atoms with E-state index in [0.717, 1.165) is 35.2 Å². The average molecular weight is 439 g/mol. The molecule has 0 bridgehead atoms. The van der Waals surface area contributed by atoms with Crippen molar-refractivity contribution in [3.05, 3.63) is 66.2 Å². The number of nitrogens with zero attached hydrogens (tertiary/aromatic N) is 1. The van der Waals surface area contributed by atoms with Gasteiger partial charge in [-0.05, 0) is 78.4 Å². The molecule has 0 saturated carbocycles. The summed E-state index contributed by atoms with van der Waals surface area (Å²) in [5, 5.41) is 1.80. The highest BCUT2D eigenvalue weighted by atomic mass is 32.2. The fourth-order valence-corrected chi connectivity index (χ4v) is 5.53. The number of benzene rings is 3. The predicted molar refractivity (Wildman–Crippen MR) is 126 cm³/mol. The van der Waals surface area contributed by atoms with Crippen LogP contribution in [-0.2, 0) is 10.0 Å². The Morgan fingerprint density at radius 3 is 2.45 bits per heavy atom. The zero-order valence-electron chi connectivity index (χ0n) is 18.3. The van der Waals surface area contributed by atoms with Gasteiger partial charge >= 0.3 is 0 Å². The lowest BCUT2D eigenvalue weighted by molar-refractivity contribution is 0.415. The fourth-order valence-electron chi connectivity index (χ4n) is 4.26. The number of rotatable bonds is 6. The minimum absolute atomic E-state index is 0.260. The standard InChI is InChI=1S/C25H30N2O3S/c1-18-5-4-14-27(17-18)23-10-6-20(7-11-23)19(2)26-31(28,29)25-13-9-21-15-24(30-3)12-8-22(21)16-25/h6-13,15-16,18-19,26H,4-5,14,17H2,1-3H3/t18-,19+/m1/s1. The van der Waals surface area contributed by atoms with E-state index in [9.17, 15) is 8.42 Å². The van der Waals surface area contributed by atoms with Crippen LogP contribution in [0.25, 0.3) is 10.8 Å². The van der Waals surface area contributed by atoms with Crippen LogP contribution in [0.4, 0.5) is 5.69 Å². The summed E-state index contributed by atoms with van der Waals surface area (Å²) in [5.74, 6) is 1.46. The third-order valence-electron chi connectivity index (χ3n) is 6.08. The molecule has 0 aliphatic carbocycles. The van der Waals surface area contributed by atoms with E-state index in [1.165, 1.54) is 18.5 Å².